The van der Waals surface area contributed by atoms with Gasteiger partial charge in [-0.15, -0.1) is 0 Å². The predicted molar refractivity (Wildman–Crippen MR) is 144 cm³/mol. The van der Waals surface area contributed by atoms with Gasteiger partial charge in [-0.25, -0.2) is 4.98 Å². The summed E-state index contributed by atoms with van der Waals surface area (Å²) in [6.07, 6.45) is 7.63. The first-order valence-electron chi connectivity index (χ1n) is 12.9. The Labute approximate surface area is 215 Å². The second kappa shape index (κ2) is 8.17. The molecule has 37 heavy (non-hydrogen) atoms. The number of amides is 1. The summed E-state index contributed by atoms with van der Waals surface area (Å²) >= 11 is 0. The Hall–Kier alpha value is -4.19. The third kappa shape index (κ3) is 3.43. The van der Waals surface area contributed by atoms with Gasteiger partial charge in [0.05, 0.1) is 12.8 Å². The van der Waals surface area contributed by atoms with E-state index in [1.165, 1.54) is 17.6 Å². The summed E-state index contributed by atoms with van der Waals surface area (Å²) in [6, 6.07) is 17.8. The molecule has 2 aromatic carbocycles. The molecule has 7 rings (SSSR count). The standard InChI is InChI=1S/C31H28N4O2/c1-19-11-13-31(19)16-26(31)22-12-14-35(18-22)30(36)21-9-7-20(8-10-21)23-15-25-28(33-34-29(25)32-17-23)24-5-3-4-6-27(24)37-2/h3-10,15-17,22H,1,11-14,18H2,2H3,(H,32,33,34). The molecule has 2 aliphatic carbocycles. The minimum Gasteiger partial charge on any atom is -0.496 e. The van der Waals surface area contributed by atoms with Crippen molar-refractivity contribution in [3.8, 4) is 28.1 Å². The Morgan fingerprint density at radius 3 is 2.73 bits per heavy atom. The van der Waals surface area contributed by atoms with Gasteiger partial charge in [0.2, 0.25) is 0 Å². The molecular weight excluding hydrogens is 460 g/mol. The number of hydrogen-bond acceptors (Lipinski definition) is 4. The summed E-state index contributed by atoms with van der Waals surface area (Å²) in [5.74, 6) is 1.38. The number of aromatic nitrogens is 3. The number of pyridine rings is 1. The van der Waals surface area contributed by atoms with Gasteiger partial charge in [-0.3, -0.25) is 9.89 Å². The van der Waals surface area contributed by atoms with Crippen LogP contribution in [0.2, 0.25) is 0 Å². The topological polar surface area (TPSA) is 71.1 Å². The summed E-state index contributed by atoms with van der Waals surface area (Å²) in [7, 11) is 1.66. The Kier molecular flexibility index (Phi) is 4.86. The van der Waals surface area contributed by atoms with Crippen LogP contribution in [-0.4, -0.2) is 46.2 Å². The zero-order valence-corrected chi connectivity index (χ0v) is 20.8. The first kappa shape index (κ1) is 22.0. The van der Waals surface area contributed by atoms with Crippen LogP contribution in [0.5, 0.6) is 5.75 Å². The quantitative estimate of drug-likeness (QED) is 0.348. The highest BCUT2D eigenvalue weighted by Crippen LogP contribution is 2.65. The summed E-state index contributed by atoms with van der Waals surface area (Å²) in [6.45, 7) is 5.86. The van der Waals surface area contributed by atoms with Gasteiger partial charge in [-0.2, -0.15) is 5.10 Å². The van der Waals surface area contributed by atoms with E-state index in [1.807, 2.05) is 59.6 Å². The lowest BCUT2D eigenvalue weighted by molar-refractivity contribution is 0.0789. The first-order valence-corrected chi connectivity index (χ1v) is 12.9. The Morgan fingerprint density at radius 1 is 1.16 bits per heavy atom. The molecule has 6 nitrogen and oxygen atoms in total. The lowest BCUT2D eigenvalue weighted by atomic mass is 9.71. The van der Waals surface area contributed by atoms with Crippen molar-refractivity contribution in [1.29, 1.82) is 0 Å². The van der Waals surface area contributed by atoms with E-state index < -0.39 is 0 Å². The number of carbonyl (C=O) groups is 1. The molecule has 1 N–H and O–H groups in total. The monoisotopic (exact) mass is 488 g/mol. The van der Waals surface area contributed by atoms with Crippen LogP contribution in [-0.2, 0) is 0 Å². The van der Waals surface area contributed by atoms with Crippen LogP contribution in [0.4, 0.5) is 0 Å². The van der Waals surface area contributed by atoms with E-state index >= 15 is 0 Å². The van der Waals surface area contributed by atoms with Gasteiger partial charge in [-0.05, 0) is 55.2 Å². The van der Waals surface area contributed by atoms with Gasteiger partial charge < -0.3 is 9.64 Å². The smallest absolute Gasteiger partial charge is 0.253 e. The molecule has 2 fully saturated rings. The van der Waals surface area contributed by atoms with Crippen LogP contribution in [0.25, 0.3) is 33.4 Å². The molecule has 3 heterocycles. The number of carbonyl (C=O) groups excluding carboxylic acids is 1. The fourth-order valence-electron chi connectivity index (χ4n) is 6.11. The molecular formula is C31H28N4O2. The fraction of sp³-hybridized carbons (Fsp3) is 0.258. The average Bonchev–Trinajstić information content (AvgIpc) is 3.33. The SMILES string of the molecule is C=C1CCC12C=C2C1CCN(C(=O)c2ccc(-c3cnc4n[nH]c(-c5ccccc5OC)c4c3)cc2)C1. The van der Waals surface area contributed by atoms with Crippen LogP contribution < -0.4 is 4.74 Å². The van der Waals surface area contributed by atoms with Crippen LogP contribution in [0.15, 0.2) is 84.6 Å². The van der Waals surface area contributed by atoms with Crippen LogP contribution in [0.3, 0.4) is 0 Å². The second-order valence-corrected chi connectivity index (χ2v) is 10.4. The number of benzene rings is 2. The highest BCUT2D eigenvalue weighted by atomic mass is 16.5. The first-order chi connectivity index (χ1) is 18.1. The number of allylic oxidation sites excluding steroid dienone is 2. The molecule has 184 valence electrons. The Balaban J connectivity index is 1.10. The summed E-state index contributed by atoms with van der Waals surface area (Å²) in [4.78, 5) is 19.8. The van der Waals surface area contributed by atoms with Crippen LogP contribution in [0.1, 0.15) is 29.6 Å². The van der Waals surface area contributed by atoms with E-state index in [0.717, 1.165) is 65.0 Å². The molecule has 1 aliphatic heterocycles. The van der Waals surface area contributed by atoms with Crippen molar-refractivity contribution in [2.45, 2.75) is 19.3 Å². The minimum atomic E-state index is 0.110. The molecule has 6 heteroatoms. The summed E-state index contributed by atoms with van der Waals surface area (Å²) < 4.78 is 5.55. The number of methoxy groups -OCH3 is 1. The molecule has 0 bridgehead atoms. The summed E-state index contributed by atoms with van der Waals surface area (Å²) in [5.41, 5.74) is 8.29. The normalized spacial score (nSPS) is 22.3. The van der Waals surface area contributed by atoms with Gasteiger partial charge in [0.25, 0.3) is 5.91 Å². The molecule has 2 atom stereocenters. The van der Waals surface area contributed by atoms with Gasteiger partial charge >= 0.3 is 0 Å². The number of nitrogens with one attached hydrogen (secondary N) is 1. The number of ether oxygens (including phenoxy) is 1. The molecule has 1 saturated heterocycles. The van der Waals surface area contributed by atoms with Crippen molar-refractivity contribution >= 4 is 16.9 Å². The zero-order chi connectivity index (χ0) is 25.1. The number of hydrogen-bond donors (Lipinski definition) is 1. The van der Waals surface area contributed by atoms with Gasteiger partial charge in [0.15, 0.2) is 5.65 Å². The van der Waals surface area contributed by atoms with Crippen molar-refractivity contribution in [2.24, 2.45) is 11.3 Å². The Bertz CT molecular complexity index is 1600. The van der Waals surface area contributed by atoms with Gasteiger partial charge in [-0.1, -0.05) is 48.1 Å². The predicted octanol–water partition coefficient (Wildman–Crippen LogP) is 6.04. The molecule has 0 radical (unpaired) electrons. The molecule has 2 aromatic heterocycles. The minimum absolute atomic E-state index is 0.110. The number of rotatable bonds is 5. The number of likely N-dealkylation sites (tertiary alicyclic amines) is 1. The number of fused-ring (bicyclic) bond motifs is 1. The highest BCUT2D eigenvalue weighted by molar-refractivity contribution is 5.96. The van der Waals surface area contributed by atoms with E-state index in [-0.39, 0.29) is 11.3 Å². The van der Waals surface area contributed by atoms with Gasteiger partial charge in [0.1, 0.15) is 5.75 Å². The maximum absolute atomic E-state index is 13.2. The van der Waals surface area contributed by atoms with Crippen molar-refractivity contribution in [1.82, 2.24) is 20.1 Å². The fourth-order valence-corrected chi connectivity index (χ4v) is 6.11. The third-order valence-corrected chi connectivity index (χ3v) is 8.45. The molecule has 1 amide bonds. The van der Waals surface area contributed by atoms with Gasteiger partial charge in [0, 0.05) is 52.7 Å². The Morgan fingerprint density at radius 2 is 2.00 bits per heavy atom. The van der Waals surface area contributed by atoms with Crippen molar-refractivity contribution in [3.05, 3.63) is 90.2 Å². The molecule has 1 saturated carbocycles. The molecule has 3 aliphatic rings. The van der Waals surface area contributed by atoms with E-state index in [9.17, 15) is 4.79 Å². The third-order valence-electron chi connectivity index (χ3n) is 8.45. The average molecular weight is 489 g/mol. The van der Waals surface area contributed by atoms with Crippen LogP contribution >= 0.6 is 0 Å². The maximum atomic E-state index is 13.2. The highest BCUT2D eigenvalue weighted by Gasteiger charge is 2.54. The van der Waals surface area contributed by atoms with E-state index in [0.29, 0.717) is 11.6 Å². The maximum Gasteiger partial charge on any atom is 0.253 e. The van der Waals surface area contributed by atoms with E-state index in [1.54, 1.807) is 7.11 Å². The second-order valence-electron chi connectivity index (χ2n) is 10.4. The molecule has 4 aromatic rings. The van der Waals surface area contributed by atoms with Crippen molar-refractivity contribution < 1.29 is 9.53 Å². The van der Waals surface area contributed by atoms with Crippen molar-refractivity contribution in [3.63, 3.8) is 0 Å². The lowest BCUT2D eigenvalue weighted by Crippen LogP contribution is -2.29. The number of H-pyrrole nitrogens is 1. The number of aromatic amines is 1. The van der Waals surface area contributed by atoms with E-state index in [4.69, 9.17) is 4.74 Å². The number of para-hydroxylation sites is 1. The van der Waals surface area contributed by atoms with Crippen molar-refractivity contribution in [2.75, 3.05) is 20.2 Å². The lowest BCUT2D eigenvalue weighted by Gasteiger charge is -2.33. The molecule has 2 unspecified atom stereocenters. The summed E-state index contributed by atoms with van der Waals surface area (Å²) in [5, 5.41) is 8.42. The number of nitrogens with zero attached hydrogens (tertiary/aromatic N) is 3. The van der Waals surface area contributed by atoms with E-state index in [2.05, 4.69) is 33.9 Å². The van der Waals surface area contributed by atoms with Crippen LogP contribution in [0, 0.1) is 11.3 Å². The largest absolute Gasteiger partial charge is 0.496 e. The molecule has 1 spiro atoms. The zero-order valence-electron chi connectivity index (χ0n) is 20.8.